The highest BCUT2D eigenvalue weighted by Gasteiger charge is 2.27. The molecule has 1 fully saturated rings. The number of carbonyl (C=O) groups is 2. The van der Waals surface area contributed by atoms with Gasteiger partial charge in [-0.3, -0.25) is 4.79 Å². The Bertz CT molecular complexity index is 774. The molecule has 1 amide bonds. The molecule has 2 aromatic rings. The monoisotopic (exact) mass is 397 g/mol. The maximum Gasteiger partial charge on any atom is 0.328 e. The average molecular weight is 398 g/mol. The molecule has 0 bridgehead atoms. The Morgan fingerprint density at radius 1 is 0.897 bits per heavy atom. The lowest BCUT2D eigenvalue weighted by atomic mass is 10.1. The first kappa shape index (κ1) is 21.0. The SMILES string of the molecule is COC(=O)[C@H](Cc1ccccc1)NC(=O)C[NH+]1CC[NH+](Cc2ccccc2)CC1. The van der Waals surface area contributed by atoms with Crippen molar-refractivity contribution in [3.05, 3.63) is 71.8 Å². The summed E-state index contributed by atoms with van der Waals surface area (Å²) in [4.78, 5) is 27.5. The quantitative estimate of drug-likeness (QED) is 0.494. The number of piperazine rings is 1. The van der Waals surface area contributed by atoms with Crippen molar-refractivity contribution in [2.75, 3.05) is 39.8 Å². The van der Waals surface area contributed by atoms with Gasteiger partial charge >= 0.3 is 5.97 Å². The van der Waals surface area contributed by atoms with E-state index in [1.165, 1.54) is 17.6 Å². The van der Waals surface area contributed by atoms with Crippen LogP contribution in [-0.4, -0.2) is 57.8 Å². The zero-order valence-electron chi connectivity index (χ0n) is 17.0. The maximum atomic E-state index is 12.6. The number of amides is 1. The average Bonchev–Trinajstić information content (AvgIpc) is 2.75. The summed E-state index contributed by atoms with van der Waals surface area (Å²) < 4.78 is 4.88. The van der Waals surface area contributed by atoms with Crippen molar-refractivity contribution in [1.82, 2.24) is 5.32 Å². The molecule has 2 aromatic carbocycles. The van der Waals surface area contributed by atoms with Crippen LogP contribution in [0.1, 0.15) is 11.1 Å². The number of esters is 1. The van der Waals surface area contributed by atoms with Gasteiger partial charge < -0.3 is 19.9 Å². The van der Waals surface area contributed by atoms with E-state index in [2.05, 4.69) is 29.6 Å². The summed E-state index contributed by atoms with van der Waals surface area (Å²) in [6.07, 6.45) is 0.434. The van der Waals surface area contributed by atoms with E-state index in [9.17, 15) is 9.59 Å². The Balaban J connectivity index is 1.46. The van der Waals surface area contributed by atoms with Crippen LogP contribution in [0, 0.1) is 0 Å². The van der Waals surface area contributed by atoms with Crippen LogP contribution in [-0.2, 0) is 27.3 Å². The second-order valence-electron chi connectivity index (χ2n) is 7.67. The molecule has 0 aliphatic carbocycles. The Morgan fingerprint density at radius 2 is 1.45 bits per heavy atom. The number of carbonyl (C=O) groups excluding carboxylic acids is 2. The fraction of sp³-hybridized carbons (Fsp3) is 0.391. The van der Waals surface area contributed by atoms with E-state index in [0.29, 0.717) is 13.0 Å². The Morgan fingerprint density at radius 3 is 2.03 bits per heavy atom. The second-order valence-corrected chi connectivity index (χ2v) is 7.67. The number of benzene rings is 2. The molecular formula is C23H31N3O3+2. The second kappa shape index (κ2) is 10.7. The summed E-state index contributed by atoms with van der Waals surface area (Å²) >= 11 is 0. The molecule has 1 heterocycles. The zero-order chi connectivity index (χ0) is 20.5. The summed E-state index contributed by atoms with van der Waals surface area (Å²) in [5, 5.41) is 2.87. The highest BCUT2D eigenvalue weighted by molar-refractivity contribution is 5.85. The van der Waals surface area contributed by atoms with Gasteiger partial charge in [0.15, 0.2) is 6.54 Å². The number of ether oxygens (including phenoxy) is 1. The van der Waals surface area contributed by atoms with Crippen molar-refractivity contribution in [1.29, 1.82) is 0 Å². The lowest BCUT2D eigenvalue weighted by molar-refractivity contribution is -1.02. The maximum absolute atomic E-state index is 12.6. The molecule has 3 N–H and O–H groups in total. The molecule has 0 radical (unpaired) electrons. The predicted octanol–water partition coefficient (Wildman–Crippen LogP) is -1.13. The first-order valence-corrected chi connectivity index (χ1v) is 10.3. The first-order valence-electron chi connectivity index (χ1n) is 10.3. The van der Waals surface area contributed by atoms with E-state index >= 15 is 0 Å². The third-order valence-corrected chi connectivity index (χ3v) is 5.48. The van der Waals surface area contributed by atoms with Crippen LogP contribution in [0.3, 0.4) is 0 Å². The van der Waals surface area contributed by atoms with Gasteiger partial charge in [0, 0.05) is 12.0 Å². The lowest BCUT2D eigenvalue weighted by Gasteiger charge is -2.29. The van der Waals surface area contributed by atoms with Crippen LogP contribution in [0.25, 0.3) is 0 Å². The normalized spacial score (nSPS) is 19.9. The number of hydrogen-bond acceptors (Lipinski definition) is 3. The van der Waals surface area contributed by atoms with Crippen molar-refractivity contribution in [3.63, 3.8) is 0 Å². The van der Waals surface area contributed by atoms with Gasteiger partial charge in [-0.15, -0.1) is 0 Å². The third-order valence-electron chi connectivity index (χ3n) is 5.48. The molecule has 6 nitrogen and oxygen atoms in total. The molecule has 1 atom stereocenters. The summed E-state index contributed by atoms with van der Waals surface area (Å²) in [5.41, 5.74) is 2.35. The van der Waals surface area contributed by atoms with Gasteiger partial charge in [-0.05, 0) is 5.56 Å². The number of hydrogen-bond donors (Lipinski definition) is 3. The van der Waals surface area contributed by atoms with Gasteiger partial charge in [-0.1, -0.05) is 60.7 Å². The lowest BCUT2D eigenvalue weighted by Crippen LogP contribution is -3.28. The van der Waals surface area contributed by atoms with E-state index in [0.717, 1.165) is 38.3 Å². The van der Waals surface area contributed by atoms with Gasteiger partial charge in [0.2, 0.25) is 0 Å². The van der Waals surface area contributed by atoms with Crippen molar-refractivity contribution < 1.29 is 24.1 Å². The van der Waals surface area contributed by atoms with E-state index < -0.39 is 12.0 Å². The van der Waals surface area contributed by atoms with E-state index in [-0.39, 0.29) is 5.91 Å². The molecule has 6 heteroatoms. The van der Waals surface area contributed by atoms with E-state index in [4.69, 9.17) is 4.74 Å². The number of nitrogens with one attached hydrogen (secondary N) is 3. The Kier molecular flexibility index (Phi) is 7.78. The minimum absolute atomic E-state index is 0.0992. The summed E-state index contributed by atoms with van der Waals surface area (Å²) in [5.74, 6) is -0.507. The highest BCUT2D eigenvalue weighted by atomic mass is 16.5. The minimum Gasteiger partial charge on any atom is -0.467 e. The molecule has 1 saturated heterocycles. The minimum atomic E-state index is -0.653. The molecule has 0 aromatic heterocycles. The fourth-order valence-corrected chi connectivity index (χ4v) is 3.85. The molecule has 0 saturated carbocycles. The Labute approximate surface area is 172 Å². The van der Waals surface area contributed by atoms with Crippen molar-refractivity contribution in [3.8, 4) is 0 Å². The molecule has 29 heavy (non-hydrogen) atoms. The van der Waals surface area contributed by atoms with Crippen LogP contribution in [0.4, 0.5) is 0 Å². The van der Waals surface area contributed by atoms with Crippen LogP contribution in [0.2, 0.25) is 0 Å². The third kappa shape index (κ3) is 6.69. The first-order chi connectivity index (χ1) is 14.1. The molecule has 1 aliphatic heterocycles. The van der Waals surface area contributed by atoms with Crippen LogP contribution >= 0.6 is 0 Å². The number of quaternary nitrogens is 2. The summed E-state index contributed by atoms with van der Waals surface area (Å²) in [6, 6.07) is 19.5. The van der Waals surface area contributed by atoms with Crippen LogP contribution in [0.5, 0.6) is 0 Å². The standard InChI is InChI=1S/C23H29N3O3/c1-29-23(28)21(16-19-8-4-2-5-9-19)24-22(27)18-26-14-12-25(13-15-26)17-20-10-6-3-7-11-20/h2-11,21H,12-18H2,1H3,(H,24,27)/p+2/t21-/m0/s1. The smallest absolute Gasteiger partial charge is 0.328 e. The van der Waals surface area contributed by atoms with Gasteiger partial charge in [0.05, 0.1) is 7.11 Å². The number of rotatable bonds is 8. The highest BCUT2D eigenvalue weighted by Crippen LogP contribution is 2.04. The van der Waals surface area contributed by atoms with E-state index in [1.807, 2.05) is 36.4 Å². The van der Waals surface area contributed by atoms with Crippen molar-refractivity contribution >= 4 is 11.9 Å². The van der Waals surface area contributed by atoms with Gasteiger partial charge in [0.1, 0.15) is 38.8 Å². The van der Waals surface area contributed by atoms with Crippen molar-refractivity contribution in [2.24, 2.45) is 0 Å². The molecule has 0 spiro atoms. The molecule has 154 valence electrons. The van der Waals surface area contributed by atoms with E-state index in [1.54, 1.807) is 4.90 Å². The topological polar surface area (TPSA) is 64.3 Å². The van der Waals surface area contributed by atoms with Crippen molar-refractivity contribution in [2.45, 2.75) is 19.0 Å². The summed E-state index contributed by atoms with van der Waals surface area (Å²) in [7, 11) is 1.35. The molecule has 0 unspecified atom stereocenters. The van der Waals surface area contributed by atoms with Gasteiger partial charge in [0.25, 0.3) is 5.91 Å². The predicted molar refractivity (Wildman–Crippen MR) is 110 cm³/mol. The molecule has 3 rings (SSSR count). The van der Waals surface area contributed by atoms with Crippen LogP contribution < -0.4 is 15.1 Å². The van der Waals surface area contributed by atoms with Gasteiger partial charge in [-0.25, -0.2) is 4.79 Å². The zero-order valence-corrected chi connectivity index (χ0v) is 17.0. The number of methoxy groups -OCH3 is 1. The summed E-state index contributed by atoms with van der Waals surface area (Å²) in [6.45, 7) is 5.42. The molecular weight excluding hydrogens is 366 g/mol. The largest absolute Gasteiger partial charge is 0.467 e. The fourth-order valence-electron chi connectivity index (χ4n) is 3.85. The molecule has 1 aliphatic rings. The van der Waals surface area contributed by atoms with Gasteiger partial charge in [-0.2, -0.15) is 0 Å². The van der Waals surface area contributed by atoms with Crippen LogP contribution in [0.15, 0.2) is 60.7 Å². The Hall–Kier alpha value is -2.70.